The Bertz CT molecular complexity index is 714. The van der Waals surface area contributed by atoms with Gasteiger partial charge in [-0.2, -0.15) is 8.78 Å². The van der Waals surface area contributed by atoms with Gasteiger partial charge in [0.2, 0.25) is 9.84 Å². The molecule has 0 aliphatic rings. The van der Waals surface area contributed by atoms with Crippen LogP contribution in [-0.4, -0.2) is 39.7 Å². The summed E-state index contributed by atoms with van der Waals surface area (Å²) in [4.78, 5) is 1.58. The van der Waals surface area contributed by atoms with Crippen molar-refractivity contribution in [2.24, 2.45) is 0 Å². The molecule has 0 unspecified atom stereocenters. The van der Waals surface area contributed by atoms with Crippen LogP contribution in [0.1, 0.15) is 11.8 Å². The van der Waals surface area contributed by atoms with E-state index in [2.05, 4.69) is 5.32 Å². The molecule has 0 aliphatic heterocycles. The van der Waals surface area contributed by atoms with Crippen molar-refractivity contribution in [3.05, 3.63) is 48.4 Å². The van der Waals surface area contributed by atoms with Crippen LogP contribution in [0, 0.1) is 0 Å². The van der Waals surface area contributed by atoms with Gasteiger partial charge >= 0.3 is 5.76 Å². The van der Waals surface area contributed by atoms with E-state index in [1.807, 2.05) is 25.1 Å². The second-order valence-corrected chi connectivity index (χ2v) is 7.12. The van der Waals surface area contributed by atoms with Crippen molar-refractivity contribution < 1.29 is 21.6 Å². The first-order valence-corrected chi connectivity index (χ1v) is 8.43. The second-order valence-electron chi connectivity index (χ2n) is 5.21. The SMILES string of the molecule is CN(C)[C@@H](CNc1ccc(S(=O)(=O)C(F)F)cc1)c1ccco1. The molecule has 1 aromatic heterocycles. The number of benzene rings is 1. The summed E-state index contributed by atoms with van der Waals surface area (Å²) < 4.78 is 53.1. The van der Waals surface area contributed by atoms with E-state index >= 15 is 0 Å². The highest BCUT2D eigenvalue weighted by atomic mass is 32.2. The largest absolute Gasteiger partial charge is 0.468 e. The molecule has 1 N–H and O–H groups in total. The number of hydrogen-bond acceptors (Lipinski definition) is 5. The number of rotatable bonds is 7. The average Bonchev–Trinajstić information content (AvgIpc) is 3.01. The van der Waals surface area contributed by atoms with E-state index in [1.165, 1.54) is 24.3 Å². The molecule has 0 aliphatic carbocycles. The molecule has 0 amide bonds. The molecule has 0 fully saturated rings. The zero-order chi connectivity index (χ0) is 17.0. The Kier molecular flexibility index (Phi) is 5.38. The highest BCUT2D eigenvalue weighted by Crippen LogP contribution is 2.22. The number of halogens is 2. The first-order chi connectivity index (χ1) is 10.8. The van der Waals surface area contributed by atoms with Crippen LogP contribution >= 0.6 is 0 Å². The molecule has 1 atom stereocenters. The lowest BCUT2D eigenvalue weighted by atomic mass is 10.2. The van der Waals surface area contributed by atoms with E-state index < -0.39 is 20.5 Å². The molecule has 8 heteroatoms. The molecule has 0 bridgehead atoms. The van der Waals surface area contributed by atoms with Gasteiger partial charge in [0, 0.05) is 12.2 Å². The lowest BCUT2D eigenvalue weighted by molar-refractivity contribution is 0.234. The monoisotopic (exact) mass is 344 g/mol. The van der Waals surface area contributed by atoms with E-state index in [4.69, 9.17) is 4.42 Å². The summed E-state index contributed by atoms with van der Waals surface area (Å²) in [6.07, 6.45) is 1.59. The lowest BCUT2D eigenvalue weighted by Gasteiger charge is -2.23. The summed E-state index contributed by atoms with van der Waals surface area (Å²) in [5.74, 6) is -2.63. The van der Waals surface area contributed by atoms with E-state index in [9.17, 15) is 17.2 Å². The predicted octanol–water partition coefficient (Wildman–Crippen LogP) is 2.99. The van der Waals surface area contributed by atoms with Crippen molar-refractivity contribution in [3.8, 4) is 0 Å². The maximum atomic E-state index is 12.5. The number of nitrogens with one attached hydrogen (secondary N) is 1. The van der Waals surface area contributed by atoms with Crippen LogP contribution in [0.5, 0.6) is 0 Å². The molecule has 23 heavy (non-hydrogen) atoms. The first kappa shape index (κ1) is 17.4. The van der Waals surface area contributed by atoms with Gasteiger partial charge in [0.15, 0.2) is 0 Å². The number of hydrogen-bond donors (Lipinski definition) is 1. The summed E-state index contributed by atoms with van der Waals surface area (Å²) >= 11 is 0. The summed E-state index contributed by atoms with van der Waals surface area (Å²) in [6.45, 7) is 0.515. The standard InChI is InChI=1S/C15H18F2N2O3S/c1-19(2)13(14-4-3-9-22-14)10-18-11-5-7-12(8-6-11)23(20,21)15(16)17/h3-9,13,15,18H,10H2,1-2H3/t13-/m0/s1. The maximum absolute atomic E-state index is 12.5. The highest BCUT2D eigenvalue weighted by molar-refractivity contribution is 7.91. The molecule has 126 valence electrons. The third-order valence-corrected chi connectivity index (χ3v) is 4.81. The van der Waals surface area contributed by atoms with Crippen LogP contribution in [0.3, 0.4) is 0 Å². The fourth-order valence-corrected chi connectivity index (χ4v) is 2.82. The predicted molar refractivity (Wildman–Crippen MR) is 83.3 cm³/mol. The molecule has 0 radical (unpaired) electrons. The Balaban J connectivity index is 2.07. The Labute approximate surface area is 133 Å². The molecule has 0 saturated heterocycles. The molecular weight excluding hydrogens is 326 g/mol. The Morgan fingerprint density at radius 2 is 1.83 bits per heavy atom. The van der Waals surface area contributed by atoms with Crippen molar-refractivity contribution in [2.45, 2.75) is 16.7 Å². The quantitative estimate of drug-likeness (QED) is 0.837. The van der Waals surface area contributed by atoms with Gasteiger partial charge in [0.25, 0.3) is 0 Å². The number of alkyl halides is 2. The molecule has 0 saturated carbocycles. The number of likely N-dealkylation sites (N-methyl/N-ethyl adjacent to an activating group) is 1. The molecule has 1 heterocycles. The molecule has 5 nitrogen and oxygen atoms in total. The van der Waals surface area contributed by atoms with Crippen molar-refractivity contribution in [3.63, 3.8) is 0 Å². The van der Waals surface area contributed by atoms with Gasteiger partial charge in [-0.25, -0.2) is 8.42 Å². The van der Waals surface area contributed by atoms with E-state index in [0.29, 0.717) is 12.2 Å². The third kappa shape index (κ3) is 4.08. The van der Waals surface area contributed by atoms with Crippen molar-refractivity contribution in [1.82, 2.24) is 4.90 Å². The lowest BCUT2D eigenvalue weighted by Crippen LogP contribution is -2.26. The van der Waals surface area contributed by atoms with E-state index in [1.54, 1.807) is 12.3 Å². The summed E-state index contributed by atoms with van der Waals surface area (Å²) in [7, 11) is -0.738. The minimum atomic E-state index is -4.56. The van der Waals surface area contributed by atoms with Gasteiger partial charge in [0.1, 0.15) is 5.76 Å². The summed E-state index contributed by atoms with van der Waals surface area (Å²) in [5, 5.41) is 3.14. The van der Waals surface area contributed by atoms with E-state index in [-0.39, 0.29) is 6.04 Å². The van der Waals surface area contributed by atoms with Gasteiger partial charge in [-0.05, 0) is 50.5 Å². The number of furan rings is 1. The van der Waals surface area contributed by atoms with Gasteiger partial charge < -0.3 is 9.73 Å². The Morgan fingerprint density at radius 1 is 1.17 bits per heavy atom. The zero-order valence-electron chi connectivity index (χ0n) is 12.7. The normalized spacial score (nSPS) is 13.5. The fraction of sp³-hybridized carbons (Fsp3) is 0.333. The average molecular weight is 344 g/mol. The van der Waals surface area contributed by atoms with Gasteiger partial charge in [-0.3, -0.25) is 4.90 Å². The zero-order valence-corrected chi connectivity index (χ0v) is 13.6. The topological polar surface area (TPSA) is 62.6 Å². The minimum Gasteiger partial charge on any atom is -0.468 e. The number of sulfone groups is 1. The van der Waals surface area contributed by atoms with E-state index in [0.717, 1.165) is 5.76 Å². The Hall–Kier alpha value is -1.93. The fourth-order valence-electron chi connectivity index (χ4n) is 2.10. The second kappa shape index (κ2) is 7.10. The van der Waals surface area contributed by atoms with Crippen LogP contribution in [0.4, 0.5) is 14.5 Å². The van der Waals surface area contributed by atoms with Crippen LogP contribution < -0.4 is 5.32 Å². The van der Waals surface area contributed by atoms with Crippen LogP contribution in [-0.2, 0) is 9.84 Å². The molecule has 2 rings (SSSR count). The molecule has 1 aromatic carbocycles. The maximum Gasteiger partial charge on any atom is 0.341 e. The molecule has 0 spiro atoms. The Morgan fingerprint density at radius 3 is 2.30 bits per heavy atom. The van der Waals surface area contributed by atoms with Gasteiger partial charge in [-0.15, -0.1) is 0 Å². The highest BCUT2D eigenvalue weighted by Gasteiger charge is 2.26. The summed E-state index contributed by atoms with van der Waals surface area (Å²) in [6, 6.07) is 8.91. The minimum absolute atomic E-state index is 0.0190. The first-order valence-electron chi connectivity index (χ1n) is 6.88. The molecular formula is C15H18F2N2O3S. The van der Waals surface area contributed by atoms with Crippen LogP contribution in [0.2, 0.25) is 0 Å². The smallest absolute Gasteiger partial charge is 0.341 e. The van der Waals surface area contributed by atoms with Crippen LogP contribution in [0.25, 0.3) is 0 Å². The third-order valence-electron chi connectivity index (χ3n) is 3.41. The molecule has 2 aromatic rings. The van der Waals surface area contributed by atoms with Gasteiger partial charge in [-0.1, -0.05) is 0 Å². The number of anilines is 1. The van der Waals surface area contributed by atoms with Crippen molar-refractivity contribution in [1.29, 1.82) is 0 Å². The number of nitrogens with zero attached hydrogens (tertiary/aromatic N) is 1. The van der Waals surface area contributed by atoms with Crippen molar-refractivity contribution in [2.75, 3.05) is 26.0 Å². The van der Waals surface area contributed by atoms with Gasteiger partial charge in [0.05, 0.1) is 17.2 Å². The van der Waals surface area contributed by atoms with Crippen molar-refractivity contribution >= 4 is 15.5 Å². The summed E-state index contributed by atoms with van der Waals surface area (Å²) in [5.41, 5.74) is 0.636. The van der Waals surface area contributed by atoms with Crippen LogP contribution in [0.15, 0.2) is 52.0 Å².